The molecule has 0 fully saturated rings. The van der Waals surface area contributed by atoms with Crippen molar-refractivity contribution in [3.63, 3.8) is 0 Å². The van der Waals surface area contributed by atoms with Crippen LogP contribution in [0.4, 0.5) is 0 Å². The fraction of sp³-hybridized carbons (Fsp3) is 0.167. The Morgan fingerprint density at radius 1 is 1.43 bits per heavy atom. The Bertz CT molecular complexity index is 740. The average Bonchev–Trinajstić information content (AvgIpc) is 2.97. The van der Waals surface area contributed by atoms with E-state index in [2.05, 4.69) is 15.0 Å². The summed E-state index contributed by atoms with van der Waals surface area (Å²) in [5.41, 5.74) is 0.595. The zero-order chi connectivity index (χ0) is 15.5. The van der Waals surface area contributed by atoms with Crippen LogP contribution in [0.2, 0.25) is 0 Å². The summed E-state index contributed by atoms with van der Waals surface area (Å²) < 4.78 is 32.4. The van der Waals surface area contributed by atoms with Gasteiger partial charge in [-0.15, -0.1) is 0 Å². The van der Waals surface area contributed by atoms with E-state index in [9.17, 15) is 13.2 Å². The number of nitrogens with one attached hydrogen (secondary N) is 1. The molecule has 1 aromatic heterocycles. The molecule has 8 nitrogen and oxygen atoms in total. The van der Waals surface area contributed by atoms with Gasteiger partial charge < -0.3 is 14.6 Å². The van der Waals surface area contributed by atoms with Gasteiger partial charge in [-0.25, -0.2) is 13.6 Å². The number of nitrogens with zero attached hydrogens (tertiary/aromatic N) is 1. The first kappa shape index (κ1) is 15.0. The van der Waals surface area contributed by atoms with Crippen molar-refractivity contribution in [1.82, 2.24) is 10.5 Å². The third-order valence-corrected chi connectivity index (χ3v) is 3.60. The number of ether oxygens (including phenoxy) is 1. The largest absolute Gasteiger partial charge is 0.496 e. The first-order valence-corrected chi connectivity index (χ1v) is 7.35. The Kier molecular flexibility index (Phi) is 4.24. The molecule has 0 aliphatic rings. The lowest BCUT2D eigenvalue weighted by atomic mass is 10.2. The zero-order valence-electron chi connectivity index (χ0n) is 11.1. The highest BCUT2D eigenvalue weighted by Crippen LogP contribution is 2.21. The van der Waals surface area contributed by atoms with E-state index in [0.717, 1.165) is 0 Å². The van der Waals surface area contributed by atoms with Gasteiger partial charge in [-0.3, -0.25) is 4.79 Å². The van der Waals surface area contributed by atoms with Crippen LogP contribution in [0.25, 0.3) is 0 Å². The molecule has 0 aliphatic heterocycles. The first-order valence-electron chi connectivity index (χ1n) is 5.80. The number of rotatable bonds is 5. The Morgan fingerprint density at radius 3 is 2.76 bits per heavy atom. The molecule has 112 valence electrons. The molecule has 0 radical (unpaired) electrons. The summed E-state index contributed by atoms with van der Waals surface area (Å²) >= 11 is 0. The maximum absolute atomic E-state index is 11.7. The van der Waals surface area contributed by atoms with Gasteiger partial charge in [0, 0.05) is 18.2 Å². The number of hydrogen-bond acceptors (Lipinski definition) is 6. The predicted octanol–water partition coefficient (Wildman–Crippen LogP) is 0.261. The van der Waals surface area contributed by atoms with E-state index in [4.69, 9.17) is 9.88 Å². The van der Waals surface area contributed by atoms with Crippen molar-refractivity contribution in [1.29, 1.82) is 0 Å². The summed E-state index contributed by atoms with van der Waals surface area (Å²) in [5, 5.41) is 11.1. The molecule has 1 aromatic carbocycles. The molecule has 0 atom stereocenters. The van der Waals surface area contributed by atoms with Gasteiger partial charge in [0.15, 0.2) is 5.69 Å². The highest BCUT2D eigenvalue weighted by atomic mass is 32.2. The average molecular weight is 311 g/mol. The number of primary sulfonamides is 1. The van der Waals surface area contributed by atoms with E-state index in [1.54, 1.807) is 0 Å². The lowest BCUT2D eigenvalue weighted by Gasteiger charge is -2.10. The summed E-state index contributed by atoms with van der Waals surface area (Å²) in [6.07, 6.45) is 1.27. The molecule has 0 saturated carbocycles. The molecule has 0 bridgehead atoms. The van der Waals surface area contributed by atoms with Gasteiger partial charge in [0.1, 0.15) is 12.0 Å². The van der Waals surface area contributed by atoms with Gasteiger partial charge in [0.25, 0.3) is 5.91 Å². The third kappa shape index (κ3) is 3.58. The summed E-state index contributed by atoms with van der Waals surface area (Å²) in [6, 6.07) is 5.55. The van der Waals surface area contributed by atoms with Crippen LogP contribution in [0.3, 0.4) is 0 Å². The lowest BCUT2D eigenvalue weighted by Crippen LogP contribution is -2.23. The summed E-state index contributed by atoms with van der Waals surface area (Å²) in [5.74, 6) is -0.0188. The Balaban J connectivity index is 2.20. The Morgan fingerprint density at radius 2 is 2.19 bits per heavy atom. The monoisotopic (exact) mass is 311 g/mol. The van der Waals surface area contributed by atoms with Crippen molar-refractivity contribution in [2.24, 2.45) is 5.14 Å². The lowest BCUT2D eigenvalue weighted by molar-refractivity contribution is 0.0941. The molecular weight excluding hydrogens is 298 g/mol. The highest BCUT2D eigenvalue weighted by molar-refractivity contribution is 7.89. The van der Waals surface area contributed by atoms with E-state index in [1.165, 1.54) is 37.6 Å². The standard InChI is InChI=1S/C12H13N3O5S/c1-19-11-3-2-9(21(13,17)18)6-8(11)7-14-12(16)10-4-5-20-15-10/h2-6H,7H2,1H3,(H,14,16)(H2,13,17,18). The number of methoxy groups -OCH3 is 1. The van der Waals surface area contributed by atoms with Gasteiger partial charge in [0.2, 0.25) is 10.0 Å². The minimum Gasteiger partial charge on any atom is -0.496 e. The van der Waals surface area contributed by atoms with Crippen LogP contribution in [0.1, 0.15) is 16.1 Å². The molecule has 1 heterocycles. The van der Waals surface area contributed by atoms with Crippen LogP contribution in [0.15, 0.2) is 39.9 Å². The second kappa shape index (κ2) is 5.94. The van der Waals surface area contributed by atoms with Crippen molar-refractivity contribution >= 4 is 15.9 Å². The van der Waals surface area contributed by atoms with E-state index in [1.807, 2.05) is 0 Å². The number of sulfonamides is 1. The van der Waals surface area contributed by atoms with Gasteiger partial charge in [-0.2, -0.15) is 0 Å². The smallest absolute Gasteiger partial charge is 0.273 e. The fourth-order valence-electron chi connectivity index (χ4n) is 1.67. The number of hydrogen-bond donors (Lipinski definition) is 2. The molecule has 0 unspecified atom stereocenters. The second-order valence-corrected chi connectivity index (χ2v) is 5.65. The van der Waals surface area contributed by atoms with Crippen LogP contribution >= 0.6 is 0 Å². The predicted molar refractivity (Wildman–Crippen MR) is 72.0 cm³/mol. The first-order chi connectivity index (χ1) is 9.91. The summed E-state index contributed by atoms with van der Waals surface area (Å²) in [7, 11) is -2.39. The molecule has 21 heavy (non-hydrogen) atoms. The van der Waals surface area contributed by atoms with E-state index >= 15 is 0 Å². The van der Waals surface area contributed by atoms with Crippen LogP contribution in [-0.4, -0.2) is 26.6 Å². The van der Waals surface area contributed by atoms with E-state index in [-0.39, 0.29) is 17.1 Å². The minimum atomic E-state index is -3.83. The van der Waals surface area contributed by atoms with Crippen molar-refractivity contribution in [3.05, 3.63) is 41.8 Å². The normalized spacial score (nSPS) is 11.1. The second-order valence-electron chi connectivity index (χ2n) is 4.09. The van der Waals surface area contributed by atoms with Crippen molar-refractivity contribution < 1.29 is 22.5 Å². The van der Waals surface area contributed by atoms with Gasteiger partial charge >= 0.3 is 0 Å². The van der Waals surface area contributed by atoms with Crippen molar-refractivity contribution in [3.8, 4) is 5.75 Å². The maximum Gasteiger partial charge on any atom is 0.273 e. The van der Waals surface area contributed by atoms with Crippen molar-refractivity contribution in [2.75, 3.05) is 7.11 Å². The minimum absolute atomic E-state index is 0.0538. The number of amides is 1. The molecular formula is C12H13N3O5S. The van der Waals surface area contributed by atoms with E-state index < -0.39 is 15.9 Å². The number of benzene rings is 1. The fourth-order valence-corrected chi connectivity index (χ4v) is 2.23. The number of nitrogens with two attached hydrogens (primary N) is 1. The topological polar surface area (TPSA) is 125 Å². The van der Waals surface area contributed by atoms with Gasteiger partial charge in [0.05, 0.1) is 12.0 Å². The molecule has 1 amide bonds. The Hall–Kier alpha value is -2.39. The molecule has 2 aromatic rings. The van der Waals surface area contributed by atoms with E-state index in [0.29, 0.717) is 11.3 Å². The maximum atomic E-state index is 11.7. The van der Waals surface area contributed by atoms with Crippen LogP contribution in [0.5, 0.6) is 5.75 Å². The van der Waals surface area contributed by atoms with Crippen LogP contribution in [-0.2, 0) is 16.6 Å². The molecule has 0 saturated heterocycles. The van der Waals surface area contributed by atoms with Gasteiger partial charge in [-0.1, -0.05) is 5.16 Å². The van der Waals surface area contributed by atoms with Crippen LogP contribution < -0.4 is 15.2 Å². The van der Waals surface area contributed by atoms with Crippen molar-refractivity contribution in [2.45, 2.75) is 11.4 Å². The number of carbonyl (C=O) groups excluding carboxylic acids is 1. The highest BCUT2D eigenvalue weighted by Gasteiger charge is 2.14. The molecule has 2 rings (SSSR count). The van der Waals surface area contributed by atoms with Crippen LogP contribution in [0, 0.1) is 0 Å². The zero-order valence-corrected chi connectivity index (χ0v) is 11.9. The summed E-state index contributed by atoms with van der Waals surface area (Å²) in [4.78, 5) is 11.7. The molecule has 9 heteroatoms. The summed E-state index contributed by atoms with van der Waals surface area (Å²) in [6.45, 7) is 0.0538. The molecule has 0 spiro atoms. The SMILES string of the molecule is COc1ccc(S(N)(=O)=O)cc1CNC(=O)c1ccon1. The third-order valence-electron chi connectivity index (χ3n) is 2.69. The quantitative estimate of drug-likeness (QED) is 0.816. The number of carbonyl (C=O) groups is 1. The number of aromatic nitrogens is 1. The molecule has 3 N–H and O–H groups in total. The van der Waals surface area contributed by atoms with Gasteiger partial charge in [-0.05, 0) is 18.2 Å². The Labute approximate surface area is 120 Å². The molecule has 0 aliphatic carbocycles.